The van der Waals surface area contributed by atoms with Crippen molar-refractivity contribution in [1.29, 1.82) is 0 Å². The van der Waals surface area contributed by atoms with E-state index in [1.165, 1.54) is 0 Å². The minimum absolute atomic E-state index is 0. The van der Waals surface area contributed by atoms with Gasteiger partial charge < -0.3 is 28.1 Å². The zero-order valence-electron chi connectivity index (χ0n) is 2.71. The first-order valence-corrected chi connectivity index (χ1v) is 0. The van der Waals surface area contributed by atoms with Crippen molar-refractivity contribution in [3.8, 4) is 0 Å². The second-order valence-corrected chi connectivity index (χ2v) is 0. The van der Waals surface area contributed by atoms with Crippen LogP contribution in [0.15, 0.2) is 0 Å². The van der Waals surface area contributed by atoms with Crippen molar-refractivity contribution in [2.24, 2.45) is 0 Å². The van der Waals surface area contributed by atoms with Crippen LogP contribution in [0.25, 0.3) is 0 Å². The van der Waals surface area contributed by atoms with Crippen LogP contribution in [0.2, 0.25) is 0 Å². The SMILES string of the molecule is B.N.O.O.O.O. The highest BCUT2D eigenvalue weighted by Crippen LogP contribution is -0.286. The molecule has 0 heterocycles. The lowest BCUT2D eigenvalue weighted by atomic mass is 10.8. The fourth-order valence-corrected chi connectivity index (χ4v) is 0. The molecule has 6 heteroatoms. The molecule has 0 spiro atoms. The molecule has 0 aliphatic heterocycles. The van der Waals surface area contributed by atoms with Gasteiger partial charge >= 0.3 is 0 Å². The smallest absolute Gasteiger partial charge is 0.0814 e. The van der Waals surface area contributed by atoms with Gasteiger partial charge in [-0.2, -0.15) is 0 Å². The van der Waals surface area contributed by atoms with E-state index in [0.29, 0.717) is 0 Å². The molecule has 0 fully saturated rings. The van der Waals surface area contributed by atoms with E-state index in [1.807, 2.05) is 0 Å². The molecule has 0 aliphatic carbocycles. The fraction of sp³-hybridized carbons (Fsp3) is 0. The minimum Gasteiger partial charge on any atom is -0.412 e. The van der Waals surface area contributed by atoms with Crippen molar-refractivity contribution in [3.63, 3.8) is 0 Å². The highest BCUT2D eigenvalue weighted by atomic mass is 16.0. The molecule has 0 amide bonds. The molecule has 0 radical (unpaired) electrons. The Labute approximate surface area is 37.7 Å². The van der Waals surface area contributed by atoms with Gasteiger partial charge in [0.25, 0.3) is 0 Å². The first kappa shape index (κ1) is 7610. The maximum absolute atomic E-state index is 0. The maximum Gasteiger partial charge on any atom is 0.0814 e. The molecule has 11 N–H and O–H groups in total. The average Bonchev–Trinajstić information content (AvgIpc) is 0. The number of hydrogen-bond acceptors (Lipinski definition) is 1. The Kier molecular flexibility index (Phi) is 5050000. The first-order chi connectivity index (χ1) is 0. The van der Waals surface area contributed by atoms with Crippen LogP contribution in [-0.2, 0) is 0 Å². The normalized spacial score (nSPS) is 0. The van der Waals surface area contributed by atoms with Gasteiger partial charge in [-0.3, -0.25) is 0 Å². The molecule has 0 bridgehead atoms. The van der Waals surface area contributed by atoms with Crippen LogP contribution in [0.5, 0.6) is 0 Å². The molecule has 0 unspecified atom stereocenters. The molecule has 0 aliphatic rings. The van der Waals surface area contributed by atoms with E-state index in [0.717, 1.165) is 0 Å². The van der Waals surface area contributed by atoms with E-state index in [2.05, 4.69) is 0 Å². The summed E-state index contributed by atoms with van der Waals surface area (Å²) < 4.78 is 0. The number of hydrogen-bond donors (Lipinski definition) is 1. The average molecular weight is 103 g/mol. The molecule has 46 valence electrons. The van der Waals surface area contributed by atoms with E-state index in [9.17, 15) is 0 Å². The molecule has 0 saturated heterocycles. The van der Waals surface area contributed by atoms with Crippen molar-refractivity contribution in [3.05, 3.63) is 0 Å². The van der Waals surface area contributed by atoms with E-state index >= 15 is 0 Å². The van der Waals surface area contributed by atoms with Crippen molar-refractivity contribution in [1.82, 2.24) is 6.15 Å². The van der Waals surface area contributed by atoms with E-state index < -0.39 is 0 Å². The minimum atomic E-state index is 0. The van der Waals surface area contributed by atoms with Crippen molar-refractivity contribution >= 4 is 8.41 Å². The monoisotopic (exact) mass is 103 g/mol. The summed E-state index contributed by atoms with van der Waals surface area (Å²) in [6.07, 6.45) is 0. The maximum atomic E-state index is 0. The van der Waals surface area contributed by atoms with Gasteiger partial charge in [0.15, 0.2) is 0 Å². The lowest BCUT2D eigenvalue weighted by Gasteiger charge is -0.413. The first-order valence-electron chi connectivity index (χ1n) is 0. The Balaban J connectivity index is 0. The lowest BCUT2D eigenvalue weighted by molar-refractivity contribution is 0.823. The lowest BCUT2D eigenvalue weighted by Crippen LogP contribution is -0.481. The molecular formula is H14BNO4. The molecular weight excluding hydrogens is 88.8 g/mol. The summed E-state index contributed by atoms with van der Waals surface area (Å²) in [5, 5.41) is 0. The summed E-state index contributed by atoms with van der Waals surface area (Å²) in [6, 6.07) is 0. The molecule has 5 nitrogen and oxygen atoms in total. The van der Waals surface area contributed by atoms with Gasteiger partial charge in [-0.25, -0.2) is 0 Å². The zero-order chi connectivity index (χ0) is 0. The topological polar surface area (TPSA) is 161 Å². The molecule has 0 atom stereocenters. The van der Waals surface area contributed by atoms with Crippen LogP contribution >= 0.6 is 0 Å². The van der Waals surface area contributed by atoms with Gasteiger partial charge in [-0.05, 0) is 0 Å². The summed E-state index contributed by atoms with van der Waals surface area (Å²) in [5.41, 5.74) is 0. The van der Waals surface area contributed by atoms with Gasteiger partial charge in [-0.1, -0.05) is 0 Å². The quantitative estimate of drug-likeness (QED) is 0.301. The van der Waals surface area contributed by atoms with Crippen molar-refractivity contribution in [2.75, 3.05) is 0 Å². The van der Waals surface area contributed by atoms with Crippen molar-refractivity contribution < 1.29 is 21.9 Å². The van der Waals surface area contributed by atoms with Crippen LogP contribution < -0.4 is 6.15 Å². The highest BCUT2D eigenvalue weighted by molar-refractivity contribution is 5.75. The van der Waals surface area contributed by atoms with Crippen LogP contribution in [0, 0.1) is 0 Å². The summed E-state index contributed by atoms with van der Waals surface area (Å²) in [6.45, 7) is 0. The van der Waals surface area contributed by atoms with Gasteiger partial charge in [0, 0.05) is 0 Å². The van der Waals surface area contributed by atoms with Crippen LogP contribution in [0.4, 0.5) is 0 Å². The van der Waals surface area contributed by atoms with Crippen LogP contribution in [-0.4, -0.2) is 30.3 Å². The predicted octanol–water partition coefficient (Wildman–Crippen LogP) is -4.32. The highest BCUT2D eigenvalue weighted by Gasteiger charge is 0.0814. The van der Waals surface area contributed by atoms with Crippen molar-refractivity contribution in [2.45, 2.75) is 0 Å². The zero-order valence-corrected chi connectivity index (χ0v) is 2.71. The fourth-order valence-electron chi connectivity index (χ4n) is 0. The second-order valence-electron chi connectivity index (χ2n) is 0. The van der Waals surface area contributed by atoms with Gasteiger partial charge in [0.2, 0.25) is 0 Å². The third-order valence-corrected chi connectivity index (χ3v) is 0. The van der Waals surface area contributed by atoms with Gasteiger partial charge in [-0.15, -0.1) is 0 Å². The Morgan fingerprint density at radius 1 is 0.500 bits per heavy atom. The molecule has 6 heavy (non-hydrogen) atoms. The summed E-state index contributed by atoms with van der Waals surface area (Å²) >= 11 is 0. The third kappa shape index (κ3) is 1740. The number of rotatable bonds is 0. The summed E-state index contributed by atoms with van der Waals surface area (Å²) in [5.74, 6) is 0. The molecule has 0 rings (SSSR count). The Morgan fingerprint density at radius 2 is 0.500 bits per heavy atom. The summed E-state index contributed by atoms with van der Waals surface area (Å²) in [7, 11) is 0. The Hall–Kier alpha value is -0.135. The molecule has 0 aromatic rings. The molecule has 0 aromatic heterocycles. The predicted molar refractivity (Wildman–Crippen MR) is 29.4 cm³/mol. The van der Waals surface area contributed by atoms with E-state index in [-0.39, 0.29) is 36.5 Å². The Morgan fingerprint density at radius 3 is 0.500 bits per heavy atom. The van der Waals surface area contributed by atoms with Gasteiger partial charge in [0.05, 0.1) is 8.41 Å². The molecule has 0 aromatic carbocycles. The van der Waals surface area contributed by atoms with Gasteiger partial charge in [0.1, 0.15) is 0 Å². The second kappa shape index (κ2) is 3980. The van der Waals surface area contributed by atoms with Crippen LogP contribution in [0.1, 0.15) is 0 Å². The Bertz CT molecular complexity index is 7.51. The largest absolute Gasteiger partial charge is 0.412 e. The van der Waals surface area contributed by atoms with Crippen LogP contribution in [0.3, 0.4) is 0 Å². The van der Waals surface area contributed by atoms with E-state index in [1.54, 1.807) is 0 Å². The third-order valence-electron chi connectivity index (χ3n) is 0. The molecule has 0 saturated carbocycles. The standard InChI is InChI=1S/BH3.H3N.4H2O/h2*1H3;4*1H2. The van der Waals surface area contributed by atoms with E-state index in [4.69, 9.17) is 0 Å². The summed E-state index contributed by atoms with van der Waals surface area (Å²) in [4.78, 5) is 0.